The molecule has 1 aromatic heterocycles. The predicted octanol–water partition coefficient (Wildman–Crippen LogP) is 1.90. The zero-order valence-corrected chi connectivity index (χ0v) is 21.6. The Morgan fingerprint density at radius 2 is 1.95 bits per heavy atom. The van der Waals surface area contributed by atoms with Crippen LogP contribution in [0.5, 0.6) is 5.75 Å². The number of aliphatic hydroxyl groups excluding tert-OH is 2. The first-order chi connectivity index (χ1) is 19.0. The summed E-state index contributed by atoms with van der Waals surface area (Å²) in [4.78, 5) is 32.3. The molecular formula is C30H33N3O6. The largest absolute Gasteiger partial charge is 0.486 e. The lowest BCUT2D eigenvalue weighted by molar-refractivity contribution is -0.141. The summed E-state index contributed by atoms with van der Waals surface area (Å²) >= 11 is 0. The number of carbonyl (C=O) groups excluding carboxylic acids is 2. The summed E-state index contributed by atoms with van der Waals surface area (Å²) < 4.78 is 11.7. The number of hydrogen-bond acceptors (Lipinski definition) is 6. The normalized spacial score (nSPS) is 25.5. The lowest BCUT2D eigenvalue weighted by Gasteiger charge is -2.41. The Morgan fingerprint density at radius 3 is 2.74 bits per heavy atom. The Hall–Kier alpha value is -3.66. The van der Waals surface area contributed by atoms with Gasteiger partial charge in [0, 0.05) is 48.5 Å². The highest BCUT2D eigenvalue weighted by Gasteiger charge is 2.50. The van der Waals surface area contributed by atoms with Crippen LogP contribution in [0.3, 0.4) is 0 Å². The van der Waals surface area contributed by atoms with Gasteiger partial charge < -0.3 is 34.9 Å². The Morgan fingerprint density at radius 1 is 1.13 bits per heavy atom. The van der Waals surface area contributed by atoms with E-state index in [4.69, 9.17) is 9.47 Å². The fourth-order valence-corrected chi connectivity index (χ4v) is 6.07. The smallest absolute Gasteiger partial charge is 0.247 e. The van der Waals surface area contributed by atoms with E-state index in [1.165, 1.54) is 0 Å². The summed E-state index contributed by atoms with van der Waals surface area (Å²) in [5, 5.41) is 24.8. The molecule has 1 saturated heterocycles. The van der Waals surface area contributed by atoms with Gasteiger partial charge in [0.05, 0.1) is 31.1 Å². The number of aromatic amines is 1. The molecule has 204 valence electrons. The number of benzene rings is 2. The van der Waals surface area contributed by atoms with E-state index in [1.807, 2.05) is 48.5 Å². The van der Waals surface area contributed by atoms with E-state index in [0.29, 0.717) is 43.9 Å². The number of amides is 2. The van der Waals surface area contributed by atoms with Crippen LogP contribution in [-0.2, 0) is 20.7 Å². The van der Waals surface area contributed by atoms with Gasteiger partial charge in [-0.1, -0.05) is 36.4 Å². The molecule has 2 aromatic carbocycles. The monoisotopic (exact) mass is 531 g/mol. The number of carbonyl (C=O) groups is 2. The molecule has 9 heteroatoms. The number of para-hydroxylation sites is 2. The Bertz CT molecular complexity index is 1360. The molecular weight excluding hydrogens is 498 g/mol. The molecule has 1 aliphatic carbocycles. The van der Waals surface area contributed by atoms with Gasteiger partial charge in [0.15, 0.2) is 0 Å². The Balaban J connectivity index is 1.35. The molecule has 0 bridgehead atoms. The zero-order valence-electron chi connectivity index (χ0n) is 21.6. The van der Waals surface area contributed by atoms with Gasteiger partial charge in [-0.2, -0.15) is 0 Å². The summed E-state index contributed by atoms with van der Waals surface area (Å²) in [5.74, 6) is -0.615. The first-order valence-corrected chi connectivity index (χ1v) is 13.5. The number of aliphatic hydroxyl groups is 2. The quantitative estimate of drug-likeness (QED) is 0.352. The SMILES string of the molecule is O=C(NCCO)C1=CC(N(CCc2cc3ccccc3[nH]2)C(=O)C2CCOC2)C(O)C2Oc3ccccc3C12. The maximum Gasteiger partial charge on any atom is 0.247 e. The number of nitrogens with one attached hydrogen (secondary N) is 2. The highest BCUT2D eigenvalue weighted by molar-refractivity contribution is 5.96. The minimum Gasteiger partial charge on any atom is -0.486 e. The maximum absolute atomic E-state index is 13.9. The van der Waals surface area contributed by atoms with E-state index >= 15 is 0 Å². The number of fused-ring (bicyclic) bond motifs is 4. The summed E-state index contributed by atoms with van der Waals surface area (Å²) in [5.41, 5.74) is 3.26. The molecule has 3 aliphatic rings. The van der Waals surface area contributed by atoms with Crippen molar-refractivity contribution in [3.05, 3.63) is 77.5 Å². The van der Waals surface area contributed by atoms with Crippen molar-refractivity contribution >= 4 is 22.7 Å². The highest BCUT2D eigenvalue weighted by Crippen LogP contribution is 2.47. The van der Waals surface area contributed by atoms with Crippen LogP contribution in [0.15, 0.2) is 66.2 Å². The zero-order chi connectivity index (χ0) is 26.9. The van der Waals surface area contributed by atoms with Gasteiger partial charge in [0.2, 0.25) is 11.8 Å². The second kappa shape index (κ2) is 10.8. The van der Waals surface area contributed by atoms with Crippen molar-refractivity contribution < 1.29 is 29.3 Å². The molecule has 3 heterocycles. The van der Waals surface area contributed by atoms with Gasteiger partial charge in [0.1, 0.15) is 18.0 Å². The number of nitrogens with zero attached hydrogens (tertiary/aromatic N) is 1. The number of aromatic nitrogens is 1. The molecule has 2 aliphatic heterocycles. The van der Waals surface area contributed by atoms with Crippen molar-refractivity contribution in [1.82, 2.24) is 15.2 Å². The molecule has 2 amide bonds. The number of ether oxygens (including phenoxy) is 2. The van der Waals surface area contributed by atoms with Crippen molar-refractivity contribution in [3.63, 3.8) is 0 Å². The Labute approximate surface area is 226 Å². The van der Waals surface area contributed by atoms with Crippen LogP contribution in [-0.4, -0.2) is 83.1 Å². The second-order valence-corrected chi connectivity index (χ2v) is 10.4. The molecule has 5 atom stereocenters. The van der Waals surface area contributed by atoms with Crippen LogP contribution in [0.1, 0.15) is 23.6 Å². The molecule has 3 aromatic rings. The van der Waals surface area contributed by atoms with Crippen molar-refractivity contribution in [2.24, 2.45) is 5.92 Å². The molecule has 4 N–H and O–H groups in total. The lowest BCUT2D eigenvalue weighted by Crippen LogP contribution is -2.57. The average molecular weight is 532 g/mol. The van der Waals surface area contributed by atoms with E-state index in [1.54, 1.807) is 11.0 Å². The van der Waals surface area contributed by atoms with E-state index in [2.05, 4.69) is 16.4 Å². The first kappa shape index (κ1) is 25.6. The average Bonchev–Trinajstić information content (AvgIpc) is 3.71. The topological polar surface area (TPSA) is 124 Å². The highest BCUT2D eigenvalue weighted by atomic mass is 16.5. The van der Waals surface area contributed by atoms with E-state index in [9.17, 15) is 19.8 Å². The van der Waals surface area contributed by atoms with Crippen LogP contribution in [0, 0.1) is 5.92 Å². The predicted molar refractivity (Wildman–Crippen MR) is 144 cm³/mol. The van der Waals surface area contributed by atoms with Crippen LogP contribution in [0.25, 0.3) is 10.9 Å². The van der Waals surface area contributed by atoms with Crippen LogP contribution >= 0.6 is 0 Å². The minimum absolute atomic E-state index is 0.103. The fraction of sp³-hybridized carbons (Fsp3) is 0.400. The lowest BCUT2D eigenvalue weighted by atomic mass is 9.77. The summed E-state index contributed by atoms with van der Waals surface area (Å²) in [6.07, 6.45) is 1.11. The van der Waals surface area contributed by atoms with E-state index in [0.717, 1.165) is 22.2 Å². The van der Waals surface area contributed by atoms with Crippen LogP contribution in [0.2, 0.25) is 0 Å². The molecule has 39 heavy (non-hydrogen) atoms. The van der Waals surface area contributed by atoms with Gasteiger partial charge in [0.25, 0.3) is 0 Å². The van der Waals surface area contributed by atoms with Gasteiger partial charge in [-0.3, -0.25) is 9.59 Å². The third kappa shape index (κ3) is 4.82. The van der Waals surface area contributed by atoms with Crippen molar-refractivity contribution in [2.45, 2.75) is 37.0 Å². The third-order valence-electron chi connectivity index (χ3n) is 8.01. The van der Waals surface area contributed by atoms with Gasteiger partial charge in [-0.05, 0) is 36.1 Å². The molecule has 5 unspecified atom stereocenters. The van der Waals surface area contributed by atoms with Gasteiger partial charge >= 0.3 is 0 Å². The molecule has 0 spiro atoms. The molecule has 9 nitrogen and oxygen atoms in total. The van der Waals surface area contributed by atoms with Crippen LogP contribution in [0.4, 0.5) is 0 Å². The molecule has 0 saturated carbocycles. The minimum atomic E-state index is -1.05. The number of H-pyrrole nitrogens is 1. The molecule has 1 fully saturated rings. The van der Waals surface area contributed by atoms with Crippen LogP contribution < -0.4 is 10.1 Å². The van der Waals surface area contributed by atoms with Crippen molar-refractivity contribution in [3.8, 4) is 5.75 Å². The summed E-state index contributed by atoms with van der Waals surface area (Å²) in [6.45, 7) is 1.12. The third-order valence-corrected chi connectivity index (χ3v) is 8.01. The standard InChI is InChI=1S/C30H33N3O6/c34-13-11-31-29(36)22-16-24(27(35)28-26(22)21-6-2-4-8-25(21)39-28)33(30(37)19-10-14-38-17-19)12-9-20-15-18-5-1-3-7-23(18)32-20/h1-8,15-16,19,24,26-28,32,34-35H,9-14,17H2,(H,31,36). The summed E-state index contributed by atoms with van der Waals surface area (Å²) in [6, 6.07) is 16.8. The van der Waals surface area contributed by atoms with Gasteiger partial charge in [-0.25, -0.2) is 0 Å². The van der Waals surface area contributed by atoms with Gasteiger partial charge in [-0.15, -0.1) is 0 Å². The van der Waals surface area contributed by atoms with Crippen molar-refractivity contribution in [2.75, 3.05) is 32.9 Å². The van der Waals surface area contributed by atoms with E-state index < -0.39 is 24.2 Å². The summed E-state index contributed by atoms with van der Waals surface area (Å²) in [7, 11) is 0. The molecule has 0 radical (unpaired) electrons. The number of rotatable bonds is 8. The number of hydrogen-bond donors (Lipinski definition) is 4. The van der Waals surface area contributed by atoms with Crippen molar-refractivity contribution in [1.29, 1.82) is 0 Å². The van der Waals surface area contributed by atoms with E-state index in [-0.39, 0.29) is 30.9 Å². The second-order valence-electron chi connectivity index (χ2n) is 10.4. The molecule has 6 rings (SSSR count). The maximum atomic E-state index is 13.9. The Kier molecular flexibility index (Phi) is 7.12. The first-order valence-electron chi connectivity index (χ1n) is 13.5. The fourth-order valence-electron chi connectivity index (χ4n) is 6.07.